The van der Waals surface area contributed by atoms with Gasteiger partial charge in [-0.3, -0.25) is 0 Å². The minimum atomic E-state index is -4.69. The molecule has 29 heavy (non-hydrogen) atoms. The number of hydrogen-bond donors (Lipinski definition) is 1. The summed E-state index contributed by atoms with van der Waals surface area (Å²) >= 11 is 0. The number of halogens is 3. The van der Waals surface area contributed by atoms with E-state index < -0.39 is 22.2 Å². The van der Waals surface area contributed by atoms with E-state index in [4.69, 9.17) is 0 Å². The zero-order valence-electron chi connectivity index (χ0n) is 15.7. The Morgan fingerprint density at radius 2 is 1.86 bits per heavy atom. The second-order valence-electron chi connectivity index (χ2n) is 6.69. The molecule has 1 aromatic carbocycles. The van der Waals surface area contributed by atoms with Crippen LogP contribution in [0.1, 0.15) is 18.1 Å². The summed E-state index contributed by atoms with van der Waals surface area (Å²) in [6, 6.07) is 7.10. The third-order valence-corrected chi connectivity index (χ3v) is 6.09. The number of alkyl halides is 3. The molecule has 0 bridgehead atoms. The molecular weight excluding hydrogens is 405 g/mol. The second kappa shape index (κ2) is 7.17. The van der Waals surface area contributed by atoms with Gasteiger partial charge in [0.2, 0.25) is 10.0 Å². The van der Waals surface area contributed by atoms with E-state index in [0.717, 1.165) is 12.5 Å². The van der Waals surface area contributed by atoms with Crippen molar-refractivity contribution in [1.29, 1.82) is 5.26 Å². The van der Waals surface area contributed by atoms with Crippen LogP contribution in [-0.4, -0.2) is 30.2 Å². The van der Waals surface area contributed by atoms with Crippen LogP contribution in [0, 0.1) is 18.3 Å². The van der Waals surface area contributed by atoms with E-state index >= 15 is 0 Å². The summed E-state index contributed by atoms with van der Waals surface area (Å²) in [5.41, 5.74) is 2.96. The van der Waals surface area contributed by atoms with Crippen molar-refractivity contribution in [2.75, 3.05) is 0 Å². The van der Waals surface area contributed by atoms with E-state index in [1.807, 2.05) is 13.0 Å². The maximum Gasteiger partial charge on any atom is 0.404 e. The van der Waals surface area contributed by atoms with Gasteiger partial charge in [-0.15, -0.1) is 0 Å². The molecule has 0 radical (unpaired) electrons. The standard InChI is InChI=1S/C19H17F3N4O2S/c1-11-8-15-16(9-23)17(26(3)18(15)24-10-11)13-4-6-14(7-5-13)29(27,28)25-12(2)19(20,21)22/h4-8,10,12,25H,1-3H3/t12-/m0/s1. The molecule has 0 fully saturated rings. The first-order chi connectivity index (χ1) is 13.5. The average molecular weight is 422 g/mol. The van der Waals surface area contributed by atoms with Gasteiger partial charge in [-0.2, -0.15) is 23.2 Å². The van der Waals surface area contributed by atoms with Crippen LogP contribution in [0.3, 0.4) is 0 Å². The lowest BCUT2D eigenvalue weighted by molar-refractivity contribution is -0.147. The highest BCUT2D eigenvalue weighted by atomic mass is 32.2. The van der Waals surface area contributed by atoms with Gasteiger partial charge in [0.1, 0.15) is 17.8 Å². The van der Waals surface area contributed by atoms with Crippen LogP contribution in [0.25, 0.3) is 22.3 Å². The first-order valence-corrected chi connectivity index (χ1v) is 9.98. The summed E-state index contributed by atoms with van der Waals surface area (Å²) in [5.74, 6) is 0. The topological polar surface area (TPSA) is 87.8 Å². The summed E-state index contributed by atoms with van der Waals surface area (Å²) in [7, 11) is -2.62. The molecule has 0 aliphatic carbocycles. The van der Waals surface area contributed by atoms with E-state index in [2.05, 4.69) is 11.1 Å². The molecule has 6 nitrogen and oxygen atoms in total. The van der Waals surface area contributed by atoms with Crippen LogP contribution in [0.15, 0.2) is 41.4 Å². The van der Waals surface area contributed by atoms with E-state index in [1.165, 1.54) is 24.3 Å². The second-order valence-corrected chi connectivity index (χ2v) is 8.40. The van der Waals surface area contributed by atoms with Gasteiger partial charge < -0.3 is 4.57 Å². The highest BCUT2D eigenvalue weighted by molar-refractivity contribution is 7.89. The quantitative estimate of drug-likeness (QED) is 0.695. The largest absolute Gasteiger partial charge is 0.404 e. The van der Waals surface area contributed by atoms with Gasteiger partial charge in [-0.1, -0.05) is 12.1 Å². The smallest absolute Gasteiger partial charge is 0.327 e. The molecule has 0 amide bonds. The number of fused-ring (bicyclic) bond motifs is 1. The molecule has 0 saturated carbocycles. The van der Waals surface area contributed by atoms with Crippen LogP contribution in [-0.2, 0) is 17.1 Å². The molecule has 2 heterocycles. The van der Waals surface area contributed by atoms with Crippen molar-refractivity contribution in [3.8, 4) is 17.3 Å². The van der Waals surface area contributed by atoms with Crippen molar-refractivity contribution < 1.29 is 21.6 Å². The Bertz CT molecular complexity index is 1220. The lowest BCUT2D eigenvalue weighted by Crippen LogP contribution is -2.42. The van der Waals surface area contributed by atoms with Crippen LogP contribution in [0.2, 0.25) is 0 Å². The number of hydrogen-bond acceptors (Lipinski definition) is 4. The summed E-state index contributed by atoms with van der Waals surface area (Å²) in [4.78, 5) is 4.04. The zero-order chi connectivity index (χ0) is 21.6. The summed E-state index contributed by atoms with van der Waals surface area (Å²) in [5, 5.41) is 10.3. The number of nitriles is 1. The van der Waals surface area contributed by atoms with Crippen molar-refractivity contribution in [2.45, 2.75) is 31.0 Å². The van der Waals surface area contributed by atoms with Gasteiger partial charge in [-0.05, 0) is 43.2 Å². The maximum atomic E-state index is 12.7. The van der Waals surface area contributed by atoms with Gasteiger partial charge in [-0.25, -0.2) is 13.4 Å². The normalized spacial score (nSPS) is 13.4. The molecule has 2 aromatic heterocycles. The molecule has 0 unspecified atom stereocenters. The molecule has 1 atom stereocenters. The monoisotopic (exact) mass is 422 g/mol. The van der Waals surface area contributed by atoms with Crippen LogP contribution in [0.4, 0.5) is 13.2 Å². The van der Waals surface area contributed by atoms with Gasteiger partial charge in [0, 0.05) is 18.6 Å². The maximum absolute atomic E-state index is 12.7. The molecule has 0 aliphatic heterocycles. The third-order valence-electron chi connectivity index (χ3n) is 4.54. The predicted octanol–water partition coefficient (Wildman–Crippen LogP) is 3.65. The fourth-order valence-electron chi connectivity index (χ4n) is 3.03. The first-order valence-electron chi connectivity index (χ1n) is 8.50. The Morgan fingerprint density at radius 1 is 1.24 bits per heavy atom. The van der Waals surface area contributed by atoms with Crippen molar-refractivity contribution in [1.82, 2.24) is 14.3 Å². The summed E-state index contributed by atoms with van der Waals surface area (Å²) in [6.07, 6.45) is -3.01. The third kappa shape index (κ3) is 3.83. The first kappa shape index (κ1) is 20.8. The molecule has 0 saturated heterocycles. The van der Waals surface area contributed by atoms with Gasteiger partial charge in [0.05, 0.1) is 16.2 Å². The lowest BCUT2D eigenvalue weighted by atomic mass is 10.1. The van der Waals surface area contributed by atoms with Gasteiger partial charge in [0.15, 0.2) is 0 Å². The number of aromatic nitrogens is 2. The number of benzene rings is 1. The van der Waals surface area contributed by atoms with E-state index in [0.29, 0.717) is 27.9 Å². The molecule has 0 spiro atoms. The Hall–Kier alpha value is -2.90. The highest BCUT2D eigenvalue weighted by Crippen LogP contribution is 2.32. The number of rotatable bonds is 4. The molecule has 0 aliphatic rings. The molecule has 1 N–H and O–H groups in total. The number of sulfonamides is 1. The molecule has 3 aromatic rings. The number of aryl methyl sites for hydroxylation is 2. The van der Waals surface area contributed by atoms with Crippen LogP contribution < -0.4 is 4.72 Å². The van der Waals surface area contributed by atoms with E-state index in [-0.39, 0.29) is 4.90 Å². The van der Waals surface area contributed by atoms with Gasteiger partial charge in [0.25, 0.3) is 0 Å². The number of pyridine rings is 1. The number of nitrogens with one attached hydrogen (secondary N) is 1. The number of nitrogens with zero attached hydrogens (tertiary/aromatic N) is 3. The summed E-state index contributed by atoms with van der Waals surface area (Å²) in [6.45, 7) is 2.59. The minimum absolute atomic E-state index is 0.302. The van der Waals surface area contributed by atoms with E-state index in [1.54, 1.807) is 22.5 Å². The SMILES string of the molecule is Cc1cnc2c(c1)c(C#N)c(-c1ccc(S(=O)(=O)N[C@@H](C)C(F)(F)F)cc1)n2C. The summed E-state index contributed by atoms with van der Waals surface area (Å²) < 4.78 is 65.8. The average Bonchev–Trinajstić information content (AvgIpc) is 2.91. The molecule has 10 heteroatoms. The Morgan fingerprint density at radius 3 is 2.41 bits per heavy atom. The van der Waals surface area contributed by atoms with Gasteiger partial charge >= 0.3 is 6.18 Å². The van der Waals surface area contributed by atoms with Crippen molar-refractivity contribution >= 4 is 21.1 Å². The Balaban J connectivity index is 2.04. The highest BCUT2D eigenvalue weighted by Gasteiger charge is 2.38. The van der Waals surface area contributed by atoms with Crippen molar-refractivity contribution in [3.05, 3.63) is 47.7 Å². The van der Waals surface area contributed by atoms with Crippen LogP contribution >= 0.6 is 0 Å². The minimum Gasteiger partial charge on any atom is -0.327 e. The van der Waals surface area contributed by atoms with Crippen molar-refractivity contribution in [3.63, 3.8) is 0 Å². The van der Waals surface area contributed by atoms with Crippen LogP contribution in [0.5, 0.6) is 0 Å². The fraction of sp³-hybridized carbons (Fsp3) is 0.263. The Kier molecular flexibility index (Phi) is 5.15. The van der Waals surface area contributed by atoms with E-state index in [9.17, 15) is 26.9 Å². The predicted molar refractivity (Wildman–Crippen MR) is 101 cm³/mol. The molecule has 152 valence electrons. The lowest BCUT2D eigenvalue weighted by Gasteiger charge is -2.17. The Labute approximate surface area is 165 Å². The molecule has 3 rings (SSSR count). The zero-order valence-corrected chi connectivity index (χ0v) is 16.6. The van der Waals surface area contributed by atoms with Crippen molar-refractivity contribution in [2.24, 2.45) is 7.05 Å². The fourth-order valence-corrected chi connectivity index (χ4v) is 4.25. The molecular formula is C19H17F3N4O2S.